The predicted octanol–water partition coefficient (Wildman–Crippen LogP) is 2.97. The van der Waals surface area contributed by atoms with Gasteiger partial charge in [-0.05, 0) is 27.9 Å². The van der Waals surface area contributed by atoms with Gasteiger partial charge in [-0.2, -0.15) is 0 Å². The summed E-state index contributed by atoms with van der Waals surface area (Å²) in [4.78, 5) is 12.6. The van der Waals surface area contributed by atoms with E-state index in [0.29, 0.717) is 13.2 Å². The van der Waals surface area contributed by atoms with Crippen molar-refractivity contribution in [1.82, 2.24) is 0 Å². The van der Waals surface area contributed by atoms with Gasteiger partial charge in [-0.1, -0.05) is 81.4 Å². The molecule has 2 atom stereocenters. The van der Waals surface area contributed by atoms with E-state index in [9.17, 15) is 4.79 Å². The molecule has 6 heteroatoms. The molecule has 0 bridgehead atoms. The minimum absolute atomic E-state index is 0.0283. The van der Waals surface area contributed by atoms with Crippen molar-refractivity contribution < 1.29 is 23.4 Å². The molecule has 2 saturated heterocycles. The van der Waals surface area contributed by atoms with Gasteiger partial charge in [-0.25, -0.2) is 0 Å². The van der Waals surface area contributed by atoms with Crippen molar-refractivity contribution >= 4 is 24.5 Å². The molecule has 5 nitrogen and oxygen atoms in total. The Kier molecular flexibility index (Phi) is 5.46. The number of hydrogen-bond acceptors (Lipinski definition) is 5. The van der Waals surface area contributed by atoms with Gasteiger partial charge in [-0.3, -0.25) is 4.79 Å². The van der Waals surface area contributed by atoms with Crippen LogP contribution in [-0.2, 0) is 23.4 Å². The van der Waals surface area contributed by atoms with Crippen LogP contribution in [0, 0.1) is 0 Å². The maximum absolute atomic E-state index is 12.6. The molecule has 2 aliphatic heterocycles. The zero-order valence-electron chi connectivity index (χ0n) is 18.9. The van der Waals surface area contributed by atoms with Gasteiger partial charge in [0.05, 0.1) is 19.8 Å². The van der Waals surface area contributed by atoms with Crippen LogP contribution in [0.25, 0.3) is 0 Å². The highest BCUT2D eigenvalue weighted by Gasteiger charge is 2.65. The standard InChI is InChI=1S/C26H30O5Si/c1-25(2,3)32(20-11-6-4-7-12-20,21-13-8-5-9-14-21)30-18-19-17-22(27)23-24(31-23)26(19)28-15-10-16-29-26/h4-9,11-14,17,23-24H,10,15-16,18H2,1-3H3. The maximum Gasteiger partial charge on any atom is 0.261 e. The van der Waals surface area contributed by atoms with Crippen LogP contribution >= 0.6 is 0 Å². The molecule has 168 valence electrons. The first-order valence-corrected chi connectivity index (χ1v) is 13.2. The van der Waals surface area contributed by atoms with Gasteiger partial charge in [0.25, 0.3) is 8.32 Å². The number of rotatable bonds is 5. The monoisotopic (exact) mass is 450 g/mol. The number of carbonyl (C=O) groups is 1. The van der Waals surface area contributed by atoms with Gasteiger partial charge < -0.3 is 18.6 Å². The summed E-state index contributed by atoms with van der Waals surface area (Å²) >= 11 is 0. The largest absolute Gasteiger partial charge is 0.403 e. The predicted molar refractivity (Wildman–Crippen MR) is 125 cm³/mol. The number of ether oxygens (including phenoxy) is 3. The maximum atomic E-state index is 12.6. The van der Waals surface area contributed by atoms with Crippen molar-refractivity contribution in [3.05, 3.63) is 72.3 Å². The van der Waals surface area contributed by atoms with Crippen molar-refractivity contribution in [1.29, 1.82) is 0 Å². The molecule has 2 aromatic carbocycles. The first-order valence-electron chi connectivity index (χ1n) is 11.3. The lowest BCUT2D eigenvalue weighted by Crippen LogP contribution is -2.67. The quantitative estimate of drug-likeness (QED) is 0.518. The van der Waals surface area contributed by atoms with Gasteiger partial charge in [0.2, 0.25) is 5.79 Å². The van der Waals surface area contributed by atoms with Crippen LogP contribution in [0.5, 0.6) is 0 Å². The lowest BCUT2D eigenvalue weighted by atomic mass is 9.91. The fourth-order valence-corrected chi connectivity index (χ4v) is 9.67. The molecule has 2 fully saturated rings. The van der Waals surface area contributed by atoms with Crippen molar-refractivity contribution in [2.24, 2.45) is 0 Å². The van der Waals surface area contributed by atoms with E-state index in [1.807, 2.05) is 12.1 Å². The van der Waals surface area contributed by atoms with Gasteiger partial charge in [0, 0.05) is 5.57 Å². The van der Waals surface area contributed by atoms with E-state index >= 15 is 0 Å². The number of hydrogen-bond donors (Lipinski definition) is 0. The minimum Gasteiger partial charge on any atom is -0.403 e. The first kappa shape index (κ1) is 21.7. The van der Waals surface area contributed by atoms with Crippen LogP contribution in [0.2, 0.25) is 5.04 Å². The van der Waals surface area contributed by atoms with Crippen LogP contribution < -0.4 is 10.4 Å². The molecule has 5 rings (SSSR count). The number of carbonyl (C=O) groups excluding carboxylic acids is 1. The summed E-state index contributed by atoms with van der Waals surface area (Å²) in [6.07, 6.45) is 1.63. The average Bonchev–Trinajstić information content (AvgIpc) is 3.61. The lowest BCUT2D eigenvalue weighted by Gasteiger charge is -2.45. The molecule has 3 aliphatic rings. The van der Waals surface area contributed by atoms with Gasteiger partial charge in [0.1, 0.15) is 0 Å². The van der Waals surface area contributed by atoms with E-state index in [2.05, 4.69) is 69.3 Å². The van der Waals surface area contributed by atoms with Crippen molar-refractivity contribution in [3.8, 4) is 0 Å². The molecule has 2 unspecified atom stereocenters. The fraction of sp³-hybridized carbons (Fsp3) is 0.423. The van der Waals surface area contributed by atoms with Gasteiger partial charge in [0.15, 0.2) is 18.0 Å². The molecule has 2 heterocycles. The second kappa shape index (κ2) is 8.04. The highest BCUT2D eigenvalue weighted by atomic mass is 28.4. The van der Waals surface area contributed by atoms with Crippen LogP contribution in [0.3, 0.4) is 0 Å². The summed E-state index contributed by atoms with van der Waals surface area (Å²) < 4.78 is 25.0. The Balaban J connectivity index is 1.57. The fourth-order valence-electron chi connectivity index (χ4n) is 5.14. The Bertz CT molecular complexity index is 966. The van der Waals surface area contributed by atoms with E-state index in [0.717, 1.165) is 12.0 Å². The van der Waals surface area contributed by atoms with E-state index in [-0.39, 0.29) is 23.5 Å². The molecule has 0 aromatic heterocycles. The summed E-state index contributed by atoms with van der Waals surface area (Å²) in [6, 6.07) is 21.0. The third-order valence-corrected chi connectivity index (χ3v) is 11.7. The Hall–Kier alpha value is -2.09. The highest BCUT2D eigenvalue weighted by Crippen LogP contribution is 2.47. The van der Waals surface area contributed by atoms with E-state index in [1.54, 1.807) is 6.08 Å². The normalized spacial score (nSPS) is 24.7. The molecule has 1 spiro atoms. The number of benzene rings is 2. The highest BCUT2D eigenvalue weighted by molar-refractivity contribution is 6.99. The second-order valence-corrected chi connectivity index (χ2v) is 14.0. The number of ketones is 1. The van der Waals surface area contributed by atoms with Crippen LogP contribution in [0.1, 0.15) is 27.2 Å². The average molecular weight is 451 g/mol. The Morgan fingerprint density at radius 2 is 1.53 bits per heavy atom. The molecular formula is C26H30O5Si. The lowest BCUT2D eigenvalue weighted by molar-refractivity contribution is -0.255. The third-order valence-electron chi connectivity index (χ3n) is 6.69. The Morgan fingerprint density at radius 3 is 2.06 bits per heavy atom. The SMILES string of the molecule is CC(C)(C)[Si](OCC1=CC(=O)C2OC2C12OCCCO2)(c1ccccc1)c1ccccc1. The summed E-state index contributed by atoms with van der Waals surface area (Å²) in [5.41, 5.74) is 0.730. The summed E-state index contributed by atoms with van der Waals surface area (Å²) in [5.74, 6) is -1.04. The van der Waals surface area contributed by atoms with Crippen molar-refractivity contribution in [2.75, 3.05) is 19.8 Å². The van der Waals surface area contributed by atoms with Gasteiger partial charge >= 0.3 is 0 Å². The minimum atomic E-state index is -2.75. The van der Waals surface area contributed by atoms with Crippen molar-refractivity contribution in [2.45, 2.75) is 50.2 Å². The molecule has 0 amide bonds. The van der Waals surface area contributed by atoms with Crippen molar-refractivity contribution in [3.63, 3.8) is 0 Å². The van der Waals surface area contributed by atoms with E-state index in [4.69, 9.17) is 18.6 Å². The van der Waals surface area contributed by atoms with Gasteiger partial charge in [-0.15, -0.1) is 0 Å². The number of epoxide rings is 1. The summed E-state index contributed by atoms with van der Waals surface area (Å²) in [6.45, 7) is 8.13. The smallest absolute Gasteiger partial charge is 0.261 e. The summed E-state index contributed by atoms with van der Waals surface area (Å²) in [5, 5.41) is 2.23. The van der Waals surface area contributed by atoms with Crippen LogP contribution in [0.4, 0.5) is 0 Å². The first-order chi connectivity index (χ1) is 15.4. The molecule has 0 N–H and O–H groups in total. The molecule has 2 aromatic rings. The molecular weight excluding hydrogens is 420 g/mol. The zero-order valence-corrected chi connectivity index (χ0v) is 19.9. The third kappa shape index (κ3) is 3.42. The van der Waals surface area contributed by atoms with Crippen LogP contribution in [-0.4, -0.2) is 51.9 Å². The molecule has 0 saturated carbocycles. The zero-order chi connectivity index (χ0) is 22.4. The summed E-state index contributed by atoms with van der Waals surface area (Å²) in [7, 11) is -2.75. The topological polar surface area (TPSA) is 57.3 Å². The van der Waals surface area contributed by atoms with Crippen LogP contribution in [0.15, 0.2) is 72.3 Å². The van der Waals surface area contributed by atoms with E-state index in [1.165, 1.54) is 10.4 Å². The number of fused-ring (bicyclic) bond motifs is 2. The molecule has 0 radical (unpaired) electrons. The Morgan fingerprint density at radius 1 is 0.969 bits per heavy atom. The second-order valence-electron chi connectivity index (χ2n) is 9.72. The molecule has 1 aliphatic carbocycles. The van der Waals surface area contributed by atoms with E-state index < -0.39 is 20.2 Å². The Labute approximate surface area is 190 Å². The molecule has 32 heavy (non-hydrogen) atoms.